The van der Waals surface area contributed by atoms with Gasteiger partial charge >= 0.3 is 0 Å². The number of nitrogens with zero attached hydrogens (tertiary/aromatic N) is 2. The number of nitrogens with one attached hydrogen (secondary N) is 1. The second-order valence-electron chi connectivity index (χ2n) is 6.31. The second kappa shape index (κ2) is 5.94. The van der Waals surface area contributed by atoms with Crippen molar-refractivity contribution in [1.82, 2.24) is 9.97 Å². The van der Waals surface area contributed by atoms with Crippen LogP contribution in [0, 0.1) is 5.92 Å². The minimum atomic E-state index is -0.0344. The van der Waals surface area contributed by atoms with E-state index in [-0.39, 0.29) is 12.5 Å². The Bertz CT molecular complexity index is 744. The first-order valence-electron chi connectivity index (χ1n) is 8.29. The van der Waals surface area contributed by atoms with Gasteiger partial charge in [-0.2, -0.15) is 0 Å². The number of aromatic nitrogens is 2. The van der Waals surface area contributed by atoms with E-state index in [2.05, 4.69) is 16.0 Å². The molecule has 2 aromatic rings. The van der Waals surface area contributed by atoms with Crippen LogP contribution in [0.3, 0.4) is 0 Å². The molecule has 6 heteroatoms. The minimum absolute atomic E-state index is 0.0344. The number of amides is 1. The molecule has 1 aliphatic heterocycles. The molecule has 1 amide bonds. The van der Waals surface area contributed by atoms with Crippen molar-refractivity contribution in [2.75, 3.05) is 31.8 Å². The van der Waals surface area contributed by atoms with Gasteiger partial charge in [0.1, 0.15) is 12.4 Å². The average molecular weight is 327 g/mol. The van der Waals surface area contributed by atoms with Crippen molar-refractivity contribution in [3.05, 3.63) is 42.0 Å². The summed E-state index contributed by atoms with van der Waals surface area (Å²) < 4.78 is 10.9. The maximum atomic E-state index is 12.2. The summed E-state index contributed by atoms with van der Waals surface area (Å²) in [5.41, 5.74) is 3.17. The minimum Gasteiger partial charge on any atom is -0.493 e. The number of hydrogen-bond donors (Lipinski definition) is 1. The van der Waals surface area contributed by atoms with Gasteiger partial charge < -0.3 is 19.4 Å². The summed E-state index contributed by atoms with van der Waals surface area (Å²) in [5, 5.41) is 0. The van der Waals surface area contributed by atoms with E-state index in [9.17, 15) is 4.79 Å². The highest BCUT2D eigenvalue weighted by molar-refractivity contribution is 5.94. The van der Waals surface area contributed by atoms with Crippen LogP contribution in [0.25, 0.3) is 0 Å². The molecule has 6 nitrogen and oxygen atoms in total. The Morgan fingerprint density at radius 2 is 2.33 bits per heavy atom. The van der Waals surface area contributed by atoms with Gasteiger partial charge in [-0.05, 0) is 25.1 Å². The summed E-state index contributed by atoms with van der Waals surface area (Å²) in [6.45, 7) is 3.40. The molecule has 1 fully saturated rings. The first kappa shape index (κ1) is 15.2. The third-order valence-electron chi connectivity index (χ3n) is 5.01. The zero-order chi connectivity index (χ0) is 16.7. The molecule has 0 spiro atoms. The van der Waals surface area contributed by atoms with E-state index in [1.54, 1.807) is 11.2 Å². The van der Waals surface area contributed by atoms with Crippen molar-refractivity contribution in [3.8, 4) is 5.75 Å². The summed E-state index contributed by atoms with van der Waals surface area (Å²) in [6.07, 6.45) is 3.69. The van der Waals surface area contributed by atoms with Crippen molar-refractivity contribution in [3.63, 3.8) is 0 Å². The number of fused-ring (bicyclic) bond motifs is 3. The summed E-state index contributed by atoms with van der Waals surface area (Å²) >= 11 is 0. The number of anilines is 1. The van der Waals surface area contributed by atoms with E-state index in [0.29, 0.717) is 24.3 Å². The smallest absolute Gasteiger partial charge is 0.252 e. The lowest BCUT2D eigenvalue weighted by molar-refractivity contribution is -0.122. The van der Waals surface area contributed by atoms with E-state index in [0.717, 1.165) is 23.7 Å². The van der Waals surface area contributed by atoms with Crippen LogP contribution < -0.4 is 9.64 Å². The predicted octanol–water partition coefficient (Wildman–Crippen LogP) is 2.30. The molecule has 24 heavy (non-hydrogen) atoms. The fourth-order valence-electron chi connectivity index (χ4n) is 3.85. The predicted molar refractivity (Wildman–Crippen MR) is 89.4 cm³/mol. The molecule has 1 aromatic carbocycles. The molecule has 2 aliphatic rings. The number of aromatic amines is 1. The quantitative estimate of drug-likeness (QED) is 0.915. The highest BCUT2D eigenvalue weighted by Gasteiger charge is 2.56. The summed E-state index contributed by atoms with van der Waals surface area (Å²) in [6, 6.07) is 6.02. The van der Waals surface area contributed by atoms with E-state index < -0.39 is 0 Å². The molecule has 2 heterocycles. The molecule has 1 aliphatic carbocycles. The molecule has 0 unspecified atom stereocenters. The number of H-pyrrole nitrogens is 1. The fraction of sp³-hybridized carbons (Fsp3) is 0.444. The number of imidazole rings is 1. The van der Waals surface area contributed by atoms with Gasteiger partial charge in [-0.1, -0.05) is 0 Å². The standard InChI is InChI=1S/C18H21N3O3/c1-3-21(16(22)9-23-2)11-4-5-15-12(6-11)17-13(8-24-15)18(17)14-7-19-10-20-14/h4-7,10,13,17-18H,3,8-9H2,1-2H3,(H,19,20)/t13-,17+,18-/m0/s1. The number of carbonyl (C=O) groups excluding carboxylic acids is 1. The zero-order valence-electron chi connectivity index (χ0n) is 13.9. The SMILES string of the molecule is CCN(C(=O)COC)c1ccc2c(c1)[C@@H]1[C@H](CO2)[C@H]1c1c[nH]cn1. The van der Waals surface area contributed by atoms with E-state index in [4.69, 9.17) is 9.47 Å². The Morgan fingerprint density at radius 1 is 1.46 bits per heavy atom. The van der Waals surface area contributed by atoms with E-state index >= 15 is 0 Å². The van der Waals surface area contributed by atoms with Gasteiger partial charge in [-0.3, -0.25) is 4.79 Å². The molecule has 126 valence electrons. The maximum absolute atomic E-state index is 12.2. The van der Waals surface area contributed by atoms with E-state index in [1.165, 1.54) is 12.7 Å². The van der Waals surface area contributed by atoms with Crippen LogP contribution in [0.1, 0.15) is 30.0 Å². The number of ether oxygens (including phenoxy) is 2. The molecule has 3 atom stereocenters. The van der Waals surface area contributed by atoms with Crippen molar-refractivity contribution in [1.29, 1.82) is 0 Å². The monoisotopic (exact) mass is 327 g/mol. The van der Waals surface area contributed by atoms with Gasteiger partial charge in [-0.25, -0.2) is 4.98 Å². The largest absolute Gasteiger partial charge is 0.493 e. The molecule has 0 saturated heterocycles. The Labute approximate surface area is 140 Å². The average Bonchev–Trinajstić information content (AvgIpc) is 3.08. The van der Waals surface area contributed by atoms with Crippen molar-refractivity contribution in [2.45, 2.75) is 18.8 Å². The highest BCUT2D eigenvalue weighted by atomic mass is 16.5. The normalized spacial score (nSPS) is 23.8. The molecule has 0 bridgehead atoms. The summed E-state index contributed by atoms with van der Waals surface area (Å²) in [4.78, 5) is 21.4. The molecular weight excluding hydrogens is 306 g/mol. The second-order valence-corrected chi connectivity index (χ2v) is 6.31. The van der Waals surface area contributed by atoms with Crippen LogP contribution in [0.5, 0.6) is 5.75 Å². The Morgan fingerprint density at radius 3 is 3.04 bits per heavy atom. The van der Waals surface area contributed by atoms with Gasteiger partial charge in [-0.15, -0.1) is 0 Å². The van der Waals surface area contributed by atoms with Crippen molar-refractivity contribution < 1.29 is 14.3 Å². The van der Waals surface area contributed by atoms with E-state index in [1.807, 2.05) is 25.3 Å². The lowest BCUT2D eigenvalue weighted by atomic mass is 10.0. The summed E-state index contributed by atoms with van der Waals surface area (Å²) in [5.74, 6) is 2.19. The molecule has 0 radical (unpaired) electrons. The van der Waals surface area contributed by atoms with Crippen molar-refractivity contribution in [2.24, 2.45) is 5.92 Å². The Hall–Kier alpha value is -2.34. The lowest BCUT2D eigenvalue weighted by Crippen LogP contribution is -2.33. The maximum Gasteiger partial charge on any atom is 0.252 e. The molecule has 1 aromatic heterocycles. The molecule has 1 N–H and O–H groups in total. The van der Waals surface area contributed by atoms with Crippen LogP contribution in [0.15, 0.2) is 30.7 Å². The van der Waals surface area contributed by atoms with Crippen LogP contribution in [0.4, 0.5) is 5.69 Å². The van der Waals surface area contributed by atoms with Gasteiger partial charge in [0.15, 0.2) is 0 Å². The van der Waals surface area contributed by atoms with Crippen LogP contribution >= 0.6 is 0 Å². The molecule has 1 saturated carbocycles. The number of hydrogen-bond acceptors (Lipinski definition) is 4. The van der Waals surface area contributed by atoms with Crippen LogP contribution in [0.2, 0.25) is 0 Å². The summed E-state index contributed by atoms with van der Waals surface area (Å²) in [7, 11) is 1.54. The van der Waals surface area contributed by atoms with Crippen molar-refractivity contribution >= 4 is 11.6 Å². The lowest BCUT2D eigenvalue weighted by Gasteiger charge is -2.23. The number of methoxy groups -OCH3 is 1. The first-order chi connectivity index (χ1) is 11.7. The van der Waals surface area contributed by atoms with Gasteiger partial charge in [0.25, 0.3) is 5.91 Å². The zero-order valence-corrected chi connectivity index (χ0v) is 13.9. The third-order valence-corrected chi connectivity index (χ3v) is 5.01. The number of likely N-dealkylation sites (N-methyl/N-ethyl adjacent to an activating group) is 1. The van der Waals surface area contributed by atoms with Gasteiger partial charge in [0.2, 0.25) is 0 Å². The Kier molecular flexibility index (Phi) is 3.76. The number of rotatable bonds is 5. The molecular formula is C18H21N3O3. The Balaban J connectivity index is 1.64. The topological polar surface area (TPSA) is 67.5 Å². The molecule has 4 rings (SSSR count). The number of carbonyl (C=O) groups is 1. The fourth-order valence-corrected chi connectivity index (χ4v) is 3.85. The first-order valence-corrected chi connectivity index (χ1v) is 8.29. The van der Waals surface area contributed by atoms with Crippen LogP contribution in [-0.4, -0.2) is 42.7 Å². The van der Waals surface area contributed by atoms with Gasteiger partial charge in [0, 0.05) is 48.9 Å². The highest BCUT2D eigenvalue weighted by Crippen LogP contribution is 2.64. The third kappa shape index (κ3) is 2.38. The van der Waals surface area contributed by atoms with Crippen LogP contribution in [-0.2, 0) is 9.53 Å². The van der Waals surface area contributed by atoms with Gasteiger partial charge in [0.05, 0.1) is 18.6 Å². The number of benzene rings is 1.